The number of hydrogen-bond acceptors (Lipinski definition) is 4. The van der Waals surface area contributed by atoms with E-state index in [1.807, 2.05) is 19.1 Å². The molecule has 0 aromatic rings. The molecule has 2 fully saturated rings. The van der Waals surface area contributed by atoms with Gasteiger partial charge in [0.25, 0.3) is 0 Å². The smallest absolute Gasteiger partial charge is 0.403 e. The molecular formula is C18H35BN2O2. The summed E-state index contributed by atoms with van der Waals surface area (Å²) in [5.74, 6) is 1.08. The Hall–Kier alpha value is -0.545. The Balaban J connectivity index is 2.05. The van der Waals surface area contributed by atoms with Gasteiger partial charge in [-0.25, -0.2) is 0 Å². The summed E-state index contributed by atoms with van der Waals surface area (Å²) in [4.78, 5) is 0. The van der Waals surface area contributed by atoms with Crippen molar-refractivity contribution in [3.63, 3.8) is 0 Å². The zero-order valence-electron chi connectivity index (χ0n) is 16.2. The number of rotatable bonds is 4. The van der Waals surface area contributed by atoms with Crippen LogP contribution in [0, 0.1) is 11.8 Å². The molecule has 1 aliphatic carbocycles. The predicted molar refractivity (Wildman–Crippen MR) is 97.8 cm³/mol. The molecule has 0 N–H and O–H groups in total. The van der Waals surface area contributed by atoms with Crippen LogP contribution >= 0.6 is 0 Å². The van der Waals surface area contributed by atoms with Crippen LogP contribution in [0.4, 0.5) is 0 Å². The first-order valence-electron chi connectivity index (χ1n) is 9.23. The second-order valence-electron chi connectivity index (χ2n) is 8.54. The average molecular weight is 322 g/mol. The zero-order valence-corrected chi connectivity index (χ0v) is 16.2. The Morgan fingerprint density at radius 2 is 1.74 bits per heavy atom. The third kappa shape index (κ3) is 4.51. The summed E-state index contributed by atoms with van der Waals surface area (Å²) >= 11 is 0. The highest BCUT2D eigenvalue weighted by atomic mass is 16.7. The fourth-order valence-electron chi connectivity index (χ4n) is 3.72. The van der Waals surface area contributed by atoms with Crippen molar-refractivity contribution in [1.82, 2.24) is 5.01 Å². The second-order valence-corrected chi connectivity index (χ2v) is 8.54. The number of hydrazone groups is 1. The molecule has 0 unspecified atom stereocenters. The van der Waals surface area contributed by atoms with Crippen molar-refractivity contribution in [2.75, 3.05) is 14.1 Å². The Morgan fingerprint density at radius 1 is 1.13 bits per heavy atom. The van der Waals surface area contributed by atoms with Crippen LogP contribution in [0.25, 0.3) is 0 Å². The van der Waals surface area contributed by atoms with Gasteiger partial charge in [0.05, 0.1) is 11.2 Å². The van der Waals surface area contributed by atoms with Gasteiger partial charge < -0.3 is 14.3 Å². The van der Waals surface area contributed by atoms with E-state index < -0.39 is 0 Å². The van der Waals surface area contributed by atoms with Gasteiger partial charge >= 0.3 is 7.12 Å². The summed E-state index contributed by atoms with van der Waals surface area (Å²) in [6, 6.07) is 0. The third-order valence-corrected chi connectivity index (χ3v) is 5.76. The van der Waals surface area contributed by atoms with Gasteiger partial charge in [0.15, 0.2) is 0 Å². The highest BCUT2D eigenvalue weighted by molar-refractivity contribution is 6.45. The summed E-state index contributed by atoms with van der Waals surface area (Å²) in [6.45, 7) is 10.8. The molecule has 5 heteroatoms. The van der Waals surface area contributed by atoms with Gasteiger partial charge in [0, 0.05) is 25.7 Å². The maximum Gasteiger partial charge on any atom is 0.458 e. The Bertz CT molecular complexity index is 419. The Morgan fingerprint density at radius 3 is 2.30 bits per heavy atom. The van der Waals surface area contributed by atoms with Crippen LogP contribution < -0.4 is 0 Å². The molecule has 4 nitrogen and oxygen atoms in total. The minimum Gasteiger partial charge on any atom is -0.403 e. The molecule has 23 heavy (non-hydrogen) atoms. The summed E-state index contributed by atoms with van der Waals surface area (Å²) < 4.78 is 12.4. The van der Waals surface area contributed by atoms with Gasteiger partial charge in [-0.3, -0.25) is 0 Å². The van der Waals surface area contributed by atoms with E-state index in [2.05, 4.69) is 34.6 Å². The summed E-state index contributed by atoms with van der Waals surface area (Å²) in [5, 5.41) is 6.75. The lowest BCUT2D eigenvalue weighted by atomic mass is 9.71. The van der Waals surface area contributed by atoms with Crippen LogP contribution in [0.2, 0.25) is 6.32 Å². The van der Waals surface area contributed by atoms with Crippen LogP contribution in [0.15, 0.2) is 5.10 Å². The Kier molecular flexibility index (Phi) is 5.83. The fraction of sp³-hybridized carbons (Fsp3) is 0.944. The van der Waals surface area contributed by atoms with E-state index in [1.165, 1.54) is 31.4 Å². The lowest BCUT2D eigenvalue weighted by Gasteiger charge is -2.32. The van der Waals surface area contributed by atoms with Crippen molar-refractivity contribution in [3.8, 4) is 0 Å². The van der Waals surface area contributed by atoms with Crippen molar-refractivity contribution in [1.29, 1.82) is 0 Å². The topological polar surface area (TPSA) is 34.1 Å². The van der Waals surface area contributed by atoms with Crippen molar-refractivity contribution in [2.24, 2.45) is 16.9 Å². The first kappa shape index (κ1) is 18.8. The zero-order chi connectivity index (χ0) is 17.3. The monoisotopic (exact) mass is 322 g/mol. The summed E-state index contributed by atoms with van der Waals surface area (Å²) in [5.41, 5.74) is 0.902. The number of nitrogens with zero attached hydrogens (tertiary/aromatic N) is 2. The predicted octanol–water partition coefficient (Wildman–Crippen LogP) is 4.21. The van der Waals surface area contributed by atoms with Crippen molar-refractivity contribution in [2.45, 2.75) is 84.2 Å². The van der Waals surface area contributed by atoms with Crippen LogP contribution in [0.3, 0.4) is 0 Å². The molecule has 132 valence electrons. The molecule has 0 spiro atoms. The summed E-state index contributed by atoms with van der Waals surface area (Å²) in [7, 11) is 3.95. The quantitative estimate of drug-likeness (QED) is 0.442. The summed E-state index contributed by atoms with van der Waals surface area (Å²) in [6.07, 6.45) is 7.23. The van der Waals surface area contributed by atoms with Gasteiger partial charge in [-0.2, -0.15) is 5.10 Å². The maximum atomic E-state index is 6.20. The largest absolute Gasteiger partial charge is 0.458 e. The van der Waals surface area contributed by atoms with Gasteiger partial charge in [-0.15, -0.1) is 0 Å². The van der Waals surface area contributed by atoms with E-state index >= 15 is 0 Å². The van der Waals surface area contributed by atoms with Crippen LogP contribution in [0.5, 0.6) is 0 Å². The van der Waals surface area contributed by atoms with Gasteiger partial charge in [0.2, 0.25) is 0 Å². The van der Waals surface area contributed by atoms with E-state index in [1.54, 1.807) is 0 Å². The normalized spacial score (nSPS) is 30.3. The van der Waals surface area contributed by atoms with E-state index in [4.69, 9.17) is 14.4 Å². The molecule has 0 aromatic heterocycles. The van der Waals surface area contributed by atoms with Crippen molar-refractivity contribution in [3.05, 3.63) is 0 Å². The minimum absolute atomic E-state index is 0.0983. The molecule has 0 bridgehead atoms. The third-order valence-electron chi connectivity index (χ3n) is 5.76. The molecule has 1 heterocycles. The molecule has 0 amide bonds. The fourth-order valence-corrected chi connectivity index (χ4v) is 3.72. The van der Waals surface area contributed by atoms with E-state index in [0.29, 0.717) is 11.8 Å². The SMILES string of the molecule is C[C@@H](CB1OC(C)(C)C(C)(C)O1)[C@H]1CCCCC/C1=N\N(C)C. The van der Waals surface area contributed by atoms with Crippen molar-refractivity contribution >= 4 is 12.8 Å². The molecular weight excluding hydrogens is 287 g/mol. The average Bonchev–Trinajstić information content (AvgIpc) is 2.56. The van der Waals surface area contributed by atoms with E-state index in [9.17, 15) is 0 Å². The molecule has 1 aliphatic heterocycles. The number of hydrogen-bond donors (Lipinski definition) is 0. The molecule has 0 radical (unpaired) electrons. The van der Waals surface area contributed by atoms with Crippen LogP contribution in [-0.2, 0) is 9.31 Å². The van der Waals surface area contributed by atoms with Crippen LogP contribution in [-0.4, -0.2) is 43.1 Å². The van der Waals surface area contributed by atoms with Crippen LogP contribution in [0.1, 0.15) is 66.7 Å². The maximum absolute atomic E-state index is 6.20. The molecule has 2 atom stereocenters. The second kappa shape index (κ2) is 7.14. The molecule has 0 aromatic carbocycles. The molecule has 1 saturated heterocycles. The van der Waals surface area contributed by atoms with Crippen molar-refractivity contribution < 1.29 is 9.31 Å². The van der Waals surface area contributed by atoms with Gasteiger partial charge in [0.1, 0.15) is 0 Å². The molecule has 1 saturated carbocycles. The van der Waals surface area contributed by atoms with Gasteiger partial charge in [-0.1, -0.05) is 19.8 Å². The highest BCUT2D eigenvalue weighted by Crippen LogP contribution is 2.40. The lowest BCUT2D eigenvalue weighted by Crippen LogP contribution is -2.41. The minimum atomic E-state index is -0.235. The molecule has 2 aliphatic rings. The standard InChI is InChI=1S/C18H35BN2O2/c1-14(13-19-22-17(2,3)18(4,5)23-19)15-11-9-8-10-12-16(15)20-21(6)7/h14-15H,8-13H2,1-7H3/b20-16+/t14-,15+/m0/s1. The van der Waals surface area contributed by atoms with E-state index in [0.717, 1.165) is 12.7 Å². The highest BCUT2D eigenvalue weighted by Gasteiger charge is 2.51. The first-order chi connectivity index (χ1) is 10.6. The first-order valence-corrected chi connectivity index (χ1v) is 9.23. The Labute approximate surface area is 143 Å². The van der Waals surface area contributed by atoms with E-state index in [-0.39, 0.29) is 18.3 Å². The van der Waals surface area contributed by atoms with Gasteiger partial charge in [-0.05, 0) is 59.2 Å². The lowest BCUT2D eigenvalue weighted by molar-refractivity contribution is 0.00578. The molecule has 2 rings (SSSR count).